The summed E-state index contributed by atoms with van der Waals surface area (Å²) < 4.78 is 0. The number of nitrogen functional groups attached to an aromatic ring is 1. The highest BCUT2D eigenvalue weighted by atomic mass is 16.6. The number of rotatable bonds is 5. The van der Waals surface area contributed by atoms with Crippen LogP contribution in [0.3, 0.4) is 0 Å². The van der Waals surface area contributed by atoms with Crippen LogP contribution in [0.15, 0.2) is 6.20 Å². The van der Waals surface area contributed by atoms with Crippen molar-refractivity contribution in [3.63, 3.8) is 0 Å². The zero-order valence-corrected chi connectivity index (χ0v) is 11.4. The van der Waals surface area contributed by atoms with E-state index in [-0.39, 0.29) is 11.5 Å². The number of hydrogen-bond donors (Lipinski definition) is 1. The maximum Gasteiger partial charge on any atom is 0.314 e. The number of aromatic nitrogens is 1. The molecule has 1 aromatic rings. The fourth-order valence-electron chi connectivity index (χ4n) is 2.05. The molecule has 0 spiro atoms. The maximum atomic E-state index is 11.1. The van der Waals surface area contributed by atoms with Gasteiger partial charge in [0, 0.05) is 11.8 Å². The number of anilines is 1. The van der Waals surface area contributed by atoms with Gasteiger partial charge >= 0.3 is 5.69 Å². The highest BCUT2D eigenvalue weighted by Gasteiger charge is 2.23. The van der Waals surface area contributed by atoms with Gasteiger partial charge < -0.3 is 5.73 Å². The van der Waals surface area contributed by atoms with E-state index in [4.69, 9.17) is 5.73 Å². The number of nitro groups is 1. The molecule has 0 aromatic carbocycles. The zero-order valence-electron chi connectivity index (χ0n) is 11.4. The second kappa shape index (κ2) is 5.80. The highest BCUT2D eigenvalue weighted by Crippen LogP contribution is 2.30. The molecule has 0 bridgehead atoms. The van der Waals surface area contributed by atoms with E-state index >= 15 is 0 Å². The molecule has 0 saturated heterocycles. The average Bonchev–Trinajstić information content (AvgIpc) is 2.20. The molecule has 0 unspecified atom stereocenters. The lowest BCUT2D eigenvalue weighted by Gasteiger charge is -2.14. The van der Waals surface area contributed by atoms with Crippen molar-refractivity contribution < 1.29 is 4.92 Å². The molecule has 0 amide bonds. The Balaban J connectivity index is 3.33. The first-order chi connectivity index (χ1) is 8.32. The lowest BCUT2D eigenvalue weighted by Crippen LogP contribution is -2.10. The molecule has 1 aromatic heterocycles. The van der Waals surface area contributed by atoms with Crippen LogP contribution in [-0.2, 0) is 12.8 Å². The largest absolute Gasteiger partial charge is 0.378 e. The zero-order chi connectivity index (χ0) is 13.9. The molecule has 1 heterocycles. The van der Waals surface area contributed by atoms with Gasteiger partial charge in [-0.1, -0.05) is 27.7 Å². The molecule has 5 heteroatoms. The summed E-state index contributed by atoms with van der Waals surface area (Å²) in [6, 6.07) is 0. The number of nitrogens with zero attached hydrogens (tertiary/aromatic N) is 2. The summed E-state index contributed by atoms with van der Waals surface area (Å²) in [5.41, 5.74) is 7.32. The average molecular weight is 251 g/mol. The van der Waals surface area contributed by atoms with E-state index in [2.05, 4.69) is 18.8 Å². The fourth-order valence-corrected chi connectivity index (χ4v) is 2.05. The second-order valence-corrected chi connectivity index (χ2v) is 5.45. The maximum absolute atomic E-state index is 11.1. The first kappa shape index (κ1) is 14.4. The number of nitrogens with two attached hydrogens (primary N) is 1. The van der Waals surface area contributed by atoms with Crippen molar-refractivity contribution >= 4 is 11.5 Å². The first-order valence-electron chi connectivity index (χ1n) is 6.23. The molecule has 0 atom stereocenters. The standard InChI is InChI=1S/C13H21N3O2/c1-8(2)5-10-7-15-13(14)12(16(17)18)11(10)6-9(3)4/h7-9H,5-6H2,1-4H3,(H2,14,15). The molecule has 0 aliphatic rings. The normalized spacial score (nSPS) is 11.2. The minimum Gasteiger partial charge on any atom is -0.378 e. The summed E-state index contributed by atoms with van der Waals surface area (Å²) in [5, 5.41) is 11.1. The smallest absolute Gasteiger partial charge is 0.314 e. The van der Waals surface area contributed by atoms with Gasteiger partial charge in [0.2, 0.25) is 5.82 Å². The van der Waals surface area contributed by atoms with E-state index in [0.717, 1.165) is 17.5 Å². The predicted octanol–water partition coefficient (Wildman–Crippen LogP) is 2.97. The van der Waals surface area contributed by atoms with E-state index < -0.39 is 4.92 Å². The molecule has 0 aliphatic carbocycles. The van der Waals surface area contributed by atoms with Crippen LogP contribution >= 0.6 is 0 Å². The SMILES string of the molecule is CC(C)Cc1cnc(N)c([N+](=O)[O-])c1CC(C)C. The van der Waals surface area contributed by atoms with E-state index in [0.29, 0.717) is 18.3 Å². The van der Waals surface area contributed by atoms with Crippen molar-refractivity contribution in [1.82, 2.24) is 4.98 Å². The third kappa shape index (κ3) is 3.42. The Morgan fingerprint density at radius 1 is 1.28 bits per heavy atom. The van der Waals surface area contributed by atoms with Gasteiger partial charge in [0.25, 0.3) is 0 Å². The topological polar surface area (TPSA) is 82.0 Å². The molecule has 2 N–H and O–H groups in total. The molecule has 0 fully saturated rings. The molecule has 1 rings (SSSR count). The molecule has 18 heavy (non-hydrogen) atoms. The molecule has 0 radical (unpaired) electrons. The van der Waals surface area contributed by atoms with Crippen LogP contribution in [0.4, 0.5) is 11.5 Å². The lowest BCUT2D eigenvalue weighted by molar-refractivity contribution is -0.385. The summed E-state index contributed by atoms with van der Waals surface area (Å²) in [4.78, 5) is 14.7. The van der Waals surface area contributed by atoms with Crippen molar-refractivity contribution in [2.24, 2.45) is 11.8 Å². The Kier molecular flexibility index (Phi) is 4.64. The fraction of sp³-hybridized carbons (Fsp3) is 0.615. The summed E-state index contributed by atoms with van der Waals surface area (Å²) in [6.07, 6.45) is 3.13. The van der Waals surface area contributed by atoms with E-state index in [9.17, 15) is 10.1 Å². The molecule has 100 valence electrons. The quantitative estimate of drug-likeness (QED) is 0.644. The van der Waals surface area contributed by atoms with Crippen molar-refractivity contribution in [3.8, 4) is 0 Å². The Morgan fingerprint density at radius 2 is 1.83 bits per heavy atom. The number of pyridine rings is 1. The minimum atomic E-state index is -0.413. The monoisotopic (exact) mass is 251 g/mol. The van der Waals surface area contributed by atoms with Gasteiger partial charge in [-0.2, -0.15) is 0 Å². The van der Waals surface area contributed by atoms with E-state index in [1.807, 2.05) is 13.8 Å². The lowest BCUT2D eigenvalue weighted by atomic mass is 9.93. The second-order valence-electron chi connectivity index (χ2n) is 5.45. The van der Waals surface area contributed by atoms with Crippen molar-refractivity contribution in [2.45, 2.75) is 40.5 Å². The third-order valence-corrected chi connectivity index (χ3v) is 2.70. The van der Waals surface area contributed by atoms with Crippen molar-refractivity contribution in [3.05, 3.63) is 27.4 Å². The number of hydrogen-bond acceptors (Lipinski definition) is 4. The van der Waals surface area contributed by atoms with Gasteiger partial charge in [-0.25, -0.2) is 4.98 Å². The van der Waals surface area contributed by atoms with Crippen LogP contribution in [0.2, 0.25) is 0 Å². The minimum absolute atomic E-state index is 0.0122. The van der Waals surface area contributed by atoms with Gasteiger partial charge in [-0.15, -0.1) is 0 Å². The van der Waals surface area contributed by atoms with Gasteiger partial charge in [0.15, 0.2) is 0 Å². The Labute approximate surface area is 108 Å². The van der Waals surface area contributed by atoms with Crippen LogP contribution < -0.4 is 5.73 Å². The predicted molar refractivity (Wildman–Crippen MR) is 72.4 cm³/mol. The van der Waals surface area contributed by atoms with Gasteiger partial charge in [0.05, 0.1) is 4.92 Å². The van der Waals surface area contributed by atoms with Gasteiger partial charge in [0.1, 0.15) is 0 Å². The van der Waals surface area contributed by atoms with E-state index in [1.54, 1.807) is 6.20 Å². The van der Waals surface area contributed by atoms with Gasteiger partial charge in [-0.05, 0) is 30.2 Å². The molecular weight excluding hydrogens is 230 g/mol. The first-order valence-corrected chi connectivity index (χ1v) is 6.23. The van der Waals surface area contributed by atoms with Crippen LogP contribution in [0.1, 0.15) is 38.8 Å². The van der Waals surface area contributed by atoms with E-state index in [1.165, 1.54) is 0 Å². The third-order valence-electron chi connectivity index (χ3n) is 2.70. The highest BCUT2D eigenvalue weighted by molar-refractivity contribution is 5.59. The van der Waals surface area contributed by atoms with Crippen LogP contribution in [-0.4, -0.2) is 9.91 Å². The molecular formula is C13H21N3O2. The Hall–Kier alpha value is -1.65. The van der Waals surface area contributed by atoms with Crippen molar-refractivity contribution in [2.75, 3.05) is 5.73 Å². The Bertz CT molecular complexity index is 442. The summed E-state index contributed by atoms with van der Waals surface area (Å²) in [5.74, 6) is 0.792. The van der Waals surface area contributed by atoms with Crippen LogP contribution in [0.5, 0.6) is 0 Å². The molecule has 5 nitrogen and oxygen atoms in total. The van der Waals surface area contributed by atoms with Crippen LogP contribution in [0.25, 0.3) is 0 Å². The van der Waals surface area contributed by atoms with Gasteiger partial charge in [-0.3, -0.25) is 10.1 Å². The summed E-state index contributed by atoms with van der Waals surface area (Å²) in [7, 11) is 0. The molecule has 0 saturated carbocycles. The summed E-state index contributed by atoms with van der Waals surface area (Å²) >= 11 is 0. The van der Waals surface area contributed by atoms with Crippen molar-refractivity contribution in [1.29, 1.82) is 0 Å². The van der Waals surface area contributed by atoms with Crippen LogP contribution in [0, 0.1) is 22.0 Å². The Morgan fingerprint density at radius 3 is 2.28 bits per heavy atom. The summed E-state index contributed by atoms with van der Waals surface area (Å²) in [6.45, 7) is 8.25. The molecule has 0 aliphatic heterocycles.